The molecule has 0 unspecified atom stereocenters. The van der Waals surface area contributed by atoms with E-state index in [1.165, 1.54) is 21.9 Å². The van der Waals surface area contributed by atoms with Crippen molar-refractivity contribution in [2.24, 2.45) is 0 Å². The summed E-state index contributed by atoms with van der Waals surface area (Å²) in [6.45, 7) is 3.39. The van der Waals surface area contributed by atoms with Gasteiger partial charge in [-0.2, -0.15) is 0 Å². The zero-order valence-corrected chi connectivity index (χ0v) is 12.4. The Labute approximate surface area is 121 Å². The van der Waals surface area contributed by atoms with Gasteiger partial charge in [0.15, 0.2) is 0 Å². The van der Waals surface area contributed by atoms with Crippen LogP contribution in [0.1, 0.15) is 15.3 Å². The van der Waals surface area contributed by atoms with Crippen molar-refractivity contribution in [1.82, 2.24) is 5.32 Å². The lowest BCUT2D eigenvalue weighted by Gasteiger charge is -2.06. The number of thiophene rings is 1. The number of ether oxygens (including phenoxy) is 1. The Bertz CT molecular complexity index is 571. The first-order chi connectivity index (χ1) is 9.10. The minimum Gasteiger partial charge on any atom is -0.489 e. The van der Waals surface area contributed by atoms with Crippen LogP contribution in [0.15, 0.2) is 24.3 Å². The minimum atomic E-state index is -0.433. The molecule has 0 saturated heterocycles. The van der Waals surface area contributed by atoms with Crippen molar-refractivity contribution in [3.63, 3.8) is 0 Å². The molecule has 2 aromatic rings. The maximum absolute atomic E-state index is 13.0. The highest BCUT2D eigenvalue weighted by Gasteiger charge is 2.07. The molecular formula is C14H15ClFNOS. The van der Waals surface area contributed by atoms with Crippen LogP contribution >= 0.6 is 22.9 Å². The predicted molar refractivity (Wildman–Crippen MR) is 77.6 cm³/mol. The highest BCUT2D eigenvalue weighted by atomic mass is 35.5. The number of aryl methyl sites for hydroxylation is 1. The Morgan fingerprint density at radius 2 is 2.16 bits per heavy atom. The fourth-order valence-corrected chi connectivity index (χ4v) is 2.95. The van der Waals surface area contributed by atoms with Crippen LogP contribution in [-0.4, -0.2) is 7.05 Å². The molecule has 1 aromatic heterocycles. The zero-order valence-electron chi connectivity index (χ0n) is 10.8. The number of hydrogen-bond donors (Lipinski definition) is 1. The van der Waals surface area contributed by atoms with Crippen LogP contribution in [0, 0.1) is 12.7 Å². The minimum absolute atomic E-state index is 0.0791. The van der Waals surface area contributed by atoms with E-state index in [0.29, 0.717) is 12.4 Å². The molecule has 0 fully saturated rings. The van der Waals surface area contributed by atoms with E-state index < -0.39 is 5.82 Å². The van der Waals surface area contributed by atoms with Crippen molar-refractivity contribution in [3.8, 4) is 5.75 Å². The largest absolute Gasteiger partial charge is 0.489 e. The summed E-state index contributed by atoms with van der Waals surface area (Å²) in [7, 11) is 1.92. The monoisotopic (exact) mass is 299 g/mol. The Hall–Kier alpha value is -1.10. The van der Waals surface area contributed by atoms with Gasteiger partial charge in [-0.05, 0) is 32.2 Å². The predicted octanol–water partition coefficient (Wildman–Crippen LogP) is 4.15. The van der Waals surface area contributed by atoms with Crippen LogP contribution in [-0.2, 0) is 13.2 Å². The Kier molecular flexibility index (Phi) is 4.80. The molecule has 1 N–H and O–H groups in total. The molecule has 0 amide bonds. The number of nitrogens with one attached hydrogen (secondary N) is 1. The molecule has 0 aliphatic rings. The summed E-state index contributed by atoms with van der Waals surface area (Å²) in [6.07, 6.45) is 0. The average Bonchev–Trinajstić information content (AvgIpc) is 2.72. The van der Waals surface area contributed by atoms with Gasteiger partial charge >= 0.3 is 0 Å². The summed E-state index contributed by atoms with van der Waals surface area (Å²) in [5, 5.41) is 3.20. The van der Waals surface area contributed by atoms with Crippen molar-refractivity contribution >= 4 is 22.9 Å². The van der Waals surface area contributed by atoms with Gasteiger partial charge in [0, 0.05) is 27.9 Å². The molecule has 19 heavy (non-hydrogen) atoms. The Morgan fingerprint density at radius 3 is 2.84 bits per heavy atom. The summed E-state index contributed by atoms with van der Waals surface area (Å²) in [4.78, 5) is 2.51. The third-order valence-electron chi connectivity index (χ3n) is 2.71. The van der Waals surface area contributed by atoms with Gasteiger partial charge in [0.2, 0.25) is 0 Å². The Morgan fingerprint density at radius 1 is 1.37 bits per heavy atom. The molecule has 0 aliphatic carbocycles. The van der Waals surface area contributed by atoms with E-state index in [2.05, 4.69) is 18.3 Å². The second-order valence-electron chi connectivity index (χ2n) is 4.19. The molecule has 1 heterocycles. The number of halogens is 2. The quantitative estimate of drug-likeness (QED) is 0.895. The molecule has 2 rings (SSSR count). The van der Waals surface area contributed by atoms with E-state index in [4.69, 9.17) is 16.3 Å². The summed E-state index contributed by atoms with van der Waals surface area (Å²) in [6, 6.07) is 6.51. The van der Waals surface area contributed by atoms with Gasteiger partial charge in [0.1, 0.15) is 18.2 Å². The van der Waals surface area contributed by atoms with Gasteiger partial charge in [0.25, 0.3) is 0 Å². The molecule has 0 radical (unpaired) electrons. The van der Waals surface area contributed by atoms with Crippen molar-refractivity contribution in [2.75, 3.05) is 7.05 Å². The second-order valence-corrected chi connectivity index (χ2v) is 5.94. The molecule has 0 atom stereocenters. The van der Waals surface area contributed by atoms with Crippen LogP contribution in [0.3, 0.4) is 0 Å². The molecule has 2 nitrogen and oxygen atoms in total. The summed E-state index contributed by atoms with van der Waals surface area (Å²) in [5.74, 6) is 0.143. The first-order valence-corrected chi connectivity index (χ1v) is 7.10. The molecule has 102 valence electrons. The molecular weight excluding hydrogens is 285 g/mol. The Balaban J connectivity index is 2.03. The topological polar surface area (TPSA) is 21.3 Å². The fraction of sp³-hybridized carbons (Fsp3) is 0.286. The van der Waals surface area contributed by atoms with Gasteiger partial charge in [0.05, 0.1) is 5.02 Å². The molecule has 0 spiro atoms. The summed E-state index contributed by atoms with van der Waals surface area (Å²) < 4.78 is 18.7. The van der Waals surface area contributed by atoms with Crippen molar-refractivity contribution in [1.29, 1.82) is 0 Å². The van der Waals surface area contributed by atoms with Crippen molar-refractivity contribution in [3.05, 3.63) is 50.4 Å². The van der Waals surface area contributed by atoms with Crippen molar-refractivity contribution in [2.45, 2.75) is 20.1 Å². The third-order valence-corrected chi connectivity index (χ3v) is 4.09. The first kappa shape index (κ1) is 14.3. The zero-order chi connectivity index (χ0) is 13.8. The van der Waals surface area contributed by atoms with E-state index in [-0.39, 0.29) is 5.02 Å². The number of hydrogen-bond acceptors (Lipinski definition) is 3. The van der Waals surface area contributed by atoms with E-state index >= 15 is 0 Å². The lowest BCUT2D eigenvalue weighted by Crippen LogP contribution is -2.02. The van der Waals surface area contributed by atoms with Gasteiger partial charge < -0.3 is 10.1 Å². The average molecular weight is 300 g/mol. The van der Waals surface area contributed by atoms with Gasteiger partial charge in [-0.1, -0.05) is 11.6 Å². The lowest BCUT2D eigenvalue weighted by atomic mass is 10.2. The lowest BCUT2D eigenvalue weighted by molar-refractivity contribution is 0.305. The van der Waals surface area contributed by atoms with Crippen LogP contribution in [0.4, 0.5) is 4.39 Å². The van der Waals surface area contributed by atoms with Gasteiger partial charge in [-0.25, -0.2) is 4.39 Å². The highest BCUT2D eigenvalue weighted by molar-refractivity contribution is 7.12. The smallest absolute Gasteiger partial charge is 0.142 e. The normalized spacial score (nSPS) is 10.7. The molecule has 0 saturated carbocycles. The van der Waals surface area contributed by atoms with Crippen molar-refractivity contribution < 1.29 is 9.13 Å². The van der Waals surface area contributed by atoms with E-state index in [1.807, 2.05) is 7.05 Å². The molecule has 1 aromatic carbocycles. The fourth-order valence-electron chi connectivity index (χ4n) is 1.72. The van der Waals surface area contributed by atoms with E-state index in [1.54, 1.807) is 17.4 Å². The standard InChI is InChI=1S/C14H15ClFNOS/c1-9-10(5-12(19-9)7-17-2)8-18-11-3-4-14(16)13(15)6-11/h3-6,17H,7-8H2,1-2H3. The summed E-state index contributed by atoms with van der Waals surface area (Å²) >= 11 is 7.46. The molecule has 5 heteroatoms. The highest BCUT2D eigenvalue weighted by Crippen LogP contribution is 2.25. The van der Waals surface area contributed by atoms with Gasteiger partial charge in [-0.3, -0.25) is 0 Å². The molecule has 0 aliphatic heterocycles. The summed E-state index contributed by atoms with van der Waals surface area (Å²) in [5.41, 5.74) is 1.15. The SMILES string of the molecule is CNCc1cc(COc2ccc(F)c(Cl)c2)c(C)s1. The van der Waals surface area contributed by atoms with E-state index in [9.17, 15) is 4.39 Å². The van der Waals surface area contributed by atoms with Crippen LogP contribution in [0.5, 0.6) is 5.75 Å². The van der Waals surface area contributed by atoms with E-state index in [0.717, 1.165) is 12.1 Å². The number of rotatable bonds is 5. The number of benzene rings is 1. The maximum Gasteiger partial charge on any atom is 0.142 e. The van der Waals surface area contributed by atoms with Crippen LogP contribution < -0.4 is 10.1 Å². The maximum atomic E-state index is 13.0. The third kappa shape index (κ3) is 3.69. The van der Waals surface area contributed by atoms with Crippen LogP contribution in [0.25, 0.3) is 0 Å². The second kappa shape index (κ2) is 6.37. The van der Waals surface area contributed by atoms with Crippen LogP contribution in [0.2, 0.25) is 5.02 Å². The van der Waals surface area contributed by atoms with Gasteiger partial charge in [-0.15, -0.1) is 11.3 Å². The first-order valence-electron chi connectivity index (χ1n) is 5.91. The molecule has 0 bridgehead atoms.